The highest BCUT2D eigenvalue weighted by molar-refractivity contribution is 7.13. The van der Waals surface area contributed by atoms with Gasteiger partial charge in [0.25, 0.3) is 5.91 Å². The molecule has 0 saturated carbocycles. The van der Waals surface area contributed by atoms with E-state index in [1.165, 1.54) is 14.2 Å². The van der Waals surface area contributed by atoms with Gasteiger partial charge >= 0.3 is 0 Å². The molecule has 0 saturated heterocycles. The number of ether oxygens (including phenoxy) is 2. The molecule has 5 aromatic rings. The highest BCUT2D eigenvalue weighted by Gasteiger charge is 2.17. The van der Waals surface area contributed by atoms with Crippen LogP contribution in [-0.4, -0.2) is 39.9 Å². The quantitative estimate of drug-likeness (QED) is 0.394. The van der Waals surface area contributed by atoms with Gasteiger partial charge in [0, 0.05) is 11.3 Å². The van der Waals surface area contributed by atoms with Gasteiger partial charge in [0.15, 0.2) is 23.0 Å². The SMILES string of the molecule is COc1cccc(C(=O)Nc2ccc(-c3ccc4nnc(-c5cccs5)n4n3)cc2)c1OC. The summed E-state index contributed by atoms with van der Waals surface area (Å²) in [7, 11) is 3.04. The number of thiophene rings is 1. The smallest absolute Gasteiger partial charge is 0.259 e. The molecule has 0 fully saturated rings. The molecule has 0 aliphatic carbocycles. The minimum Gasteiger partial charge on any atom is -0.493 e. The Hall–Kier alpha value is -4.24. The highest BCUT2D eigenvalue weighted by Crippen LogP contribution is 2.31. The fourth-order valence-electron chi connectivity index (χ4n) is 3.49. The summed E-state index contributed by atoms with van der Waals surface area (Å²) in [5.41, 5.74) is 3.39. The normalized spacial score (nSPS) is 10.8. The predicted molar refractivity (Wildman–Crippen MR) is 127 cm³/mol. The molecule has 0 bridgehead atoms. The number of hydrogen-bond donors (Lipinski definition) is 1. The van der Waals surface area contributed by atoms with Crippen LogP contribution in [0.25, 0.3) is 27.6 Å². The highest BCUT2D eigenvalue weighted by atomic mass is 32.1. The first-order chi connectivity index (χ1) is 16.2. The van der Waals surface area contributed by atoms with Crippen molar-refractivity contribution in [2.75, 3.05) is 19.5 Å². The molecule has 9 heteroatoms. The first-order valence-electron chi connectivity index (χ1n) is 10.1. The zero-order valence-electron chi connectivity index (χ0n) is 17.9. The van der Waals surface area contributed by atoms with Gasteiger partial charge < -0.3 is 14.8 Å². The standard InChI is InChI=1S/C24H19N5O3S/c1-31-19-6-3-5-17(22(19)32-2)24(30)25-16-10-8-15(9-11-16)18-12-13-21-26-27-23(29(21)28-18)20-7-4-14-33-20/h3-14H,1-2H3,(H,25,30). The number of hydrogen-bond acceptors (Lipinski definition) is 7. The molecule has 8 nitrogen and oxygen atoms in total. The number of carbonyl (C=O) groups excluding carboxylic acids is 1. The maximum Gasteiger partial charge on any atom is 0.259 e. The summed E-state index contributed by atoms with van der Waals surface area (Å²) in [4.78, 5) is 13.8. The van der Waals surface area contributed by atoms with Gasteiger partial charge in [-0.1, -0.05) is 24.3 Å². The van der Waals surface area contributed by atoms with E-state index in [9.17, 15) is 4.79 Å². The summed E-state index contributed by atoms with van der Waals surface area (Å²) in [6.45, 7) is 0. The topological polar surface area (TPSA) is 90.6 Å². The lowest BCUT2D eigenvalue weighted by Gasteiger charge is -2.12. The van der Waals surface area contributed by atoms with Crippen LogP contribution in [0.1, 0.15) is 10.4 Å². The zero-order chi connectivity index (χ0) is 22.8. The monoisotopic (exact) mass is 457 g/mol. The molecule has 1 N–H and O–H groups in total. The van der Waals surface area contributed by atoms with Crippen molar-refractivity contribution in [1.29, 1.82) is 0 Å². The molecular formula is C24H19N5O3S. The molecule has 3 heterocycles. The van der Waals surface area contributed by atoms with Gasteiger partial charge in [0.2, 0.25) is 0 Å². The van der Waals surface area contributed by atoms with Gasteiger partial charge in [-0.15, -0.1) is 21.5 Å². The first-order valence-corrected chi connectivity index (χ1v) is 10.9. The Morgan fingerprint density at radius 3 is 2.52 bits per heavy atom. The lowest BCUT2D eigenvalue weighted by molar-refractivity contribution is 0.102. The molecule has 164 valence electrons. The molecule has 1 amide bonds. The lowest BCUT2D eigenvalue weighted by Crippen LogP contribution is -2.13. The van der Waals surface area contributed by atoms with Gasteiger partial charge in [-0.3, -0.25) is 4.79 Å². The maximum absolute atomic E-state index is 12.8. The summed E-state index contributed by atoms with van der Waals surface area (Å²) in [6.07, 6.45) is 0. The Morgan fingerprint density at radius 1 is 0.939 bits per heavy atom. The third kappa shape index (κ3) is 3.90. The maximum atomic E-state index is 12.8. The predicted octanol–water partition coefficient (Wildman–Crippen LogP) is 4.79. The van der Waals surface area contributed by atoms with E-state index in [2.05, 4.69) is 15.5 Å². The van der Waals surface area contributed by atoms with Crippen LogP contribution in [0.4, 0.5) is 5.69 Å². The van der Waals surface area contributed by atoms with Crippen molar-refractivity contribution in [3.05, 3.63) is 77.7 Å². The fourth-order valence-corrected chi connectivity index (χ4v) is 4.18. The van der Waals surface area contributed by atoms with E-state index in [1.807, 2.05) is 53.9 Å². The average molecular weight is 458 g/mol. The van der Waals surface area contributed by atoms with E-state index in [0.29, 0.717) is 34.2 Å². The van der Waals surface area contributed by atoms with Gasteiger partial charge in [0.05, 0.1) is 30.4 Å². The van der Waals surface area contributed by atoms with Gasteiger partial charge in [-0.25, -0.2) is 0 Å². The number of para-hydroxylation sites is 1. The van der Waals surface area contributed by atoms with E-state index in [4.69, 9.17) is 14.6 Å². The number of carbonyl (C=O) groups is 1. The number of nitrogens with one attached hydrogen (secondary N) is 1. The minimum absolute atomic E-state index is 0.289. The second kappa shape index (κ2) is 8.71. The van der Waals surface area contributed by atoms with Crippen molar-refractivity contribution in [3.8, 4) is 33.5 Å². The molecule has 33 heavy (non-hydrogen) atoms. The summed E-state index contributed by atoms with van der Waals surface area (Å²) in [5, 5.41) is 18.1. The van der Waals surface area contributed by atoms with E-state index < -0.39 is 0 Å². The third-order valence-electron chi connectivity index (χ3n) is 5.09. The van der Waals surface area contributed by atoms with Crippen LogP contribution in [0.3, 0.4) is 0 Å². The Balaban J connectivity index is 1.40. The van der Waals surface area contributed by atoms with Crippen molar-refractivity contribution >= 4 is 28.6 Å². The Labute approximate surface area is 193 Å². The van der Waals surface area contributed by atoms with Crippen LogP contribution in [0.2, 0.25) is 0 Å². The average Bonchev–Trinajstić information content (AvgIpc) is 3.53. The van der Waals surface area contributed by atoms with E-state index in [1.54, 1.807) is 34.1 Å². The van der Waals surface area contributed by atoms with Crippen molar-refractivity contribution in [3.63, 3.8) is 0 Å². The summed E-state index contributed by atoms with van der Waals surface area (Å²) in [5.74, 6) is 1.31. The molecule has 5 rings (SSSR count). The number of rotatable bonds is 6. The van der Waals surface area contributed by atoms with Crippen LogP contribution in [-0.2, 0) is 0 Å². The van der Waals surface area contributed by atoms with Gasteiger partial charge in [-0.2, -0.15) is 9.61 Å². The molecule has 0 aliphatic rings. The van der Waals surface area contributed by atoms with Crippen molar-refractivity contribution in [2.24, 2.45) is 0 Å². The molecule has 3 aromatic heterocycles. The number of benzene rings is 2. The molecule has 2 aromatic carbocycles. The number of nitrogens with zero attached hydrogens (tertiary/aromatic N) is 4. The van der Waals surface area contributed by atoms with Crippen LogP contribution in [0.5, 0.6) is 11.5 Å². The van der Waals surface area contributed by atoms with E-state index in [-0.39, 0.29) is 5.91 Å². The largest absolute Gasteiger partial charge is 0.493 e. The zero-order valence-corrected chi connectivity index (χ0v) is 18.7. The Morgan fingerprint density at radius 2 is 1.79 bits per heavy atom. The summed E-state index contributed by atoms with van der Waals surface area (Å²) < 4.78 is 12.4. The molecule has 0 radical (unpaired) electrons. The van der Waals surface area contributed by atoms with Crippen molar-refractivity contribution < 1.29 is 14.3 Å². The van der Waals surface area contributed by atoms with Crippen molar-refractivity contribution in [2.45, 2.75) is 0 Å². The number of fused-ring (bicyclic) bond motifs is 1. The number of amides is 1. The second-order valence-electron chi connectivity index (χ2n) is 7.06. The third-order valence-corrected chi connectivity index (χ3v) is 5.96. The molecule has 0 spiro atoms. The van der Waals surface area contributed by atoms with E-state index in [0.717, 1.165) is 16.1 Å². The first kappa shape index (κ1) is 20.7. The molecule has 0 aliphatic heterocycles. The number of anilines is 1. The van der Waals surface area contributed by atoms with Gasteiger partial charge in [-0.05, 0) is 47.8 Å². The Kier molecular flexibility index (Phi) is 5.45. The van der Waals surface area contributed by atoms with Crippen LogP contribution in [0.15, 0.2) is 72.1 Å². The molecule has 0 atom stereocenters. The van der Waals surface area contributed by atoms with Crippen LogP contribution in [0, 0.1) is 0 Å². The Bertz CT molecular complexity index is 1430. The van der Waals surface area contributed by atoms with Crippen LogP contribution < -0.4 is 14.8 Å². The summed E-state index contributed by atoms with van der Waals surface area (Å²) >= 11 is 1.59. The number of aromatic nitrogens is 4. The summed E-state index contributed by atoms with van der Waals surface area (Å²) in [6, 6.07) is 20.4. The van der Waals surface area contributed by atoms with E-state index >= 15 is 0 Å². The molecule has 0 unspecified atom stereocenters. The minimum atomic E-state index is -0.289. The molecular weight excluding hydrogens is 438 g/mol. The second-order valence-corrected chi connectivity index (χ2v) is 8.01. The number of methoxy groups -OCH3 is 2. The van der Waals surface area contributed by atoms with Crippen LogP contribution >= 0.6 is 11.3 Å². The van der Waals surface area contributed by atoms with Gasteiger partial charge in [0.1, 0.15) is 0 Å². The van der Waals surface area contributed by atoms with Crippen molar-refractivity contribution in [1.82, 2.24) is 19.8 Å². The lowest BCUT2D eigenvalue weighted by atomic mass is 10.1. The fraction of sp³-hybridized carbons (Fsp3) is 0.0833.